The van der Waals surface area contributed by atoms with Gasteiger partial charge in [0.05, 0.1) is 0 Å². The zero-order valence-electron chi connectivity index (χ0n) is 7.38. The summed E-state index contributed by atoms with van der Waals surface area (Å²) in [5.41, 5.74) is 0.0800. The largest absolute Gasteiger partial charge is 0.371 e. The molecule has 1 aromatic carbocycles. The summed E-state index contributed by atoms with van der Waals surface area (Å²) in [6, 6.07) is 9.38. The minimum atomic E-state index is -0.790. The first-order valence-corrected chi connectivity index (χ1v) is 3.89. The number of alkyl halides is 1. The second kappa shape index (κ2) is 3.68. The maximum Gasteiger partial charge on any atom is 0.122 e. The van der Waals surface area contributed by atoms with Gasteiger partial charge >= 0.3 is 0 Å². The van der Waals surface area contributed by atoms with Crippen LogP contribution in [0, 0.1) is 0 Å². The molecule has 1 unspecified atom stereocenters. The van der Waals surface area contributed by atoms with Crippen LogP contribution in [0.2, 0.25) is 0 Å². The van der Waals surface area contributed by atoms with Crippen LogP contribution in [0.3, 0.4) is 0 Å². The van der Waals surface area contributed by atoms with E-state index in [1.165, 1.54) is 7.11 Å². The monoisotopic (exact) mass is 168 g/mol. The van der Waals surface area contributed by atoms with E-state index in [0.29, 0.717) is 0 Å². The van der Waals surface area contributed by atoms with Gasteiger partial charge in [-0.2, -0.15) is 0 Å². The molecule has 0 N–H and O–H groups in total. The van der Waals surface area contributed by atoms with Gasteiger partial charge < -0.3 is 4.74 Å². The molecule has 1 aromatic rings. The average Bonchev–Trinajstić information content (AvgIpc) is 2.18. The molecule has 0 radical (unpaired) electrons. The summed E-state index contributed by atoms with van der Waals surface area (Å²) in [6.45, 7) is 1.23. The van der Waals surface area contributed by atoms with Crippen molar-refractivity contribution in [1.29, 1.82) is 0 Å². The zero-order chi connectivity index (χ0) is 9.03. The fourth-order valence-corrected chi connectivity index (χ4v) is 1.04. The smallest absolute Gasteiger partial charge is 0.122 e. The molecule has 0 aliphatic rings. The maximum absolute atomic E-state index is 12.6. The number of benzene rings is 1. The van der Waals surface area contributed by atoms with E-state index in [0.717, 1.165) is 5.56 Å². The second-order valence-corrected chi connectivity index (χ2v) is 2.93. The summed E-state index contributed by atoms with van der Waals surface area (Å²) in [6.07, 6.45) is 0. The second-order valence-electron chi connectivity index (χ2n) is 2.93. The van der Waals surface area contributed by atoms with Crippen LogP contribution in [-0.4, -0.2) is 13.8 Å². The summed E-state index contributed by atoms with van der Waals surface area (Å²) < 4.78 is 17.7. The molecule has 0 saturated carbocycles. The molecule has 1 rings (SSSR count). The molecule has 0 saturated heterocycles. The summed E-state index contributed by atoms with van der Waals surface area (Å²) in [5.74, 6) is 0. The van der Waals surface area contributed by atoms with Gasteiger partial charge in [0, 0.05) is 7.11 Å². The summed E-state index contributed by atoms with van der Waals surface area (Å²) in [5, 5.41) is 0. The Hall–Kier alpha value is -0.890. The van der Waals surface area contributed by atoms with Crippen molar-refractivity contribution in [3.05, 3.63) is 35.9 Å². The molecule has 0 bridgehead atoms. The highest BCUT2D eigenvalue weighted by Gasteiger charge is 2.25. The number of hydrogen-bond donors (Lipinski definition) is 0. The molecule has 0 spiro atoms. The Morgan fingerprint density at radius 1 is 1.33 bits per heavy atom. The van der Waals surface area contributed by atoms with E-state index >= 15 is 0 Å². The van der Waals surface area contributed by atoms with E-state index in [2.05, 4.69) is 0 Å². The Morgan fingerprint density at radius 3 is 2.33 bits per heavy atom. The standard InChI is InChI=1S/C10H13FO/c1-10(8-11,12-2)9-6-4-3-5-7-9/h3-7H,8H2,1-2H3. The highest BCUT2D eigenvalue weighted by molar-refractivity contribution is 5.21. The lowest BCUT2D eigenvalue weighted by Crippen LogP contribution is -2.26. The van der Waals surface area contributed by atoms with Crippen LogP contribution in [-0.2, 0) is 10.3 Å². The first-order valence-electron chi connectivity index (χ1n) is 3.89. The third-order valence-electron chi connectivity index (χ3n) is 2.09. The third-order valence-corrected chi connectivity index (χ3v) is 2.09. The van der Waals surface area contributed by atoms with Crippen molar-refractivity contribution in [1.82, 2.24) is 0 Å². The molecule has 0 aliphatic heterocycles. The van der Waals surface area contributed by atoms with Crippen LogP contribution in [0.5, 0.6) is 0 Å². The van der Waals surface area contributed by atoms with Crippen molar-refractivity contribution in [2.24, 2.45) is 0 Å². The maximum atomic E-state index is 12.6. The lowest BCUT2D eigenvalue weighted by atomic mass is 9.97. The van der Waals surface area contributed by atoms with Gasteiger partial charge in [-0.05, 0) is 12.5 Å². The predicted molar refractivity (Wildman–Crippen MR) is 46.8 cm³/mol. The van der Waals surface area contributed by atoms with Crippen LogP contribution in [0.25, 0.3) is 0 Å². The van der Waals surface area contributed by atoms with Gasteiger partial charge in [-0.1, -0.05) is 30.3 Å². The van der Waals surface area contributed by atoms with Gasteiger partial charge in [-0.3, -0.25) is 0 Å². The number of hydrogen-bond acceptors (Lipinski definition) is 1. The third kappa shape index (κ3) is 1.64. The van der Waals surface area contributed by atoms with E-state index in [-0.39, 0.29) is 0 Å². The molecule has 0 heterocycles. The van der Waals surface area contributed by atoms with Gasteiger partial charge in [0.15, 0.2) is 0 Å². The van der Waals surface area contributed by atoms with Crippen LogP contribution < -0.4 is 0 Å². The molecule has 0 fully saturated rings. The summed E-state index contributed by atoms with van der Waals surface area (Å²) >= 11 is 0. The molecular weight excluding hydrogens is 155 g/mol. The molecular formula is C10H13FO. The number of halogens is 1. The van der Waals surface area contributed by atoms with Crippen molar-refractivity contribution in [3.63, 3.8) is 0 Å². The molecule has 2 heteroatoms. The van der Waals surface area contributed by atoms with Gasteiger partial charge in [-0.25, -0.2) is 4.39 Å². The normalized spacial score (nSPS) is 15.6. The Labute approximate surface area is 72.2 Å². The van der Waals surface area contributed by atoms with Crippen LogP contribution in [0.15, 0.2) is 30.3 Å². The molecule has 12 heavy (non-hydrogen) atoms. The fraction of sp³-hybridized carbons (Fsp3) is 0.400. The van der Waals surface area contributed by atoms with Crippen molar-refractivity contribution in [3.8, 4) is 0 Å². The van der Waals surface area contributed by atoms with E-state index < -0.39 is 12.3 Å². The van der Waals surface area contributed by atoms with Gasteiger partial charge in [0.2, 0.25) is 0 Å². The topological polar surface area (TPSA) is 9.23 Å². The lowest BCUT2D eigenvalue weighted by molar-refractivity contribution is -0.0180. The Balaban J connectivity index is 2.95. The van der Waals surface area contributed by atoms with Crippen LogP contribution in [0.4, 0.5) is 4.39 Å². The molecule has 0 aliphatic carbocycles. The van der Waals surface area contributed by atoms with Crippen LogP contribution in [0.1, 0.15) is 12.5 Å². The Kier molecular flexibility index (Phi) is 2.82. The summed E-state index contributed by atoms with van der Waals surface area (Å²) in [7, 11) is 1.52. The molecule has 0 aromatic heterocycles. The number of ether oxygens (including phenoxy) is 1. The van der Waals surface area contributed by atoms with Crippen molar-refractivity contribution >= 4 is 0 Å². The van der Waals surface area contributed by atoms with E-state index in [9.17, 15) is 4.39 Å². The lowest BCUT2D eigenvalue weighted by Gasteiger charge is -2.24. The quantitative estimate of drug-likeness (QED) is 0.673. The molecule has 1 nitrogen and oxygen atoms in total. The van der Waals surface area contributed by atoms with Gasteiger partial charge in [0.1, 0.15) is 12.3 Å². The zero-order valence-corrected chi connectivity index (χ0v) is 7.38. The first kappa shape index (κ1) is 9.20. The molecule has 1 atom stereocenters. The van der Waals surface area contributed by atoms with Crippen molar-refractivity contribution in [2.45, 2.75) is 12.5 Å². The minimum Gasteiger partial charge on any atom is -0.371 e. The van der Waals surface area contributed by atoms with Crippen molar-refractivity contribution < 1.29 is 9.13 Å². The molecule has 66 valence electrons. The van der Waals surface area contributed by atoms with Crippen LogP contribution >= 0.6 is 0 Å². The highest BCUT2D eigenvalue weighted by atomic mass is 19.1. The average molecular weight is 168 g/mol. The fourth-order valence-electron chi connectivity index (χ4n) is 1.04. The van der Waals surface area contributed by atoms with Gasteiger partial charge in [-0.15, -0.1) is 0 Å². The first-order chi connectivity index (χ1) is 5.73. The Bertz CT molecular complexity index is 229. The van der Waals surface area contributed by atoms with E-state index in [4.69, 9.17) is 4.74 Å². The highest BCUT2D eigenvalue weighted by Crippen LogP contribution is 2.24. The Morgan fingerprint density at radius 2 is 1.92 bits per heavy atom. The number of rotatable bonds is 3. The van der Waals surface area contributed by atoms with Gasteiger partial charge in [0.25, 0.3) is 0 Å². The van der Waals surface area contributed by atoms with E-state index in [1.54, 1.807) is 6.92 Å². The van der Waals surface area contributed by atoms with Crippen molar-refractivity contribution in [2.75, 3.05) is 13.8 Å². The summed E-state index contributed by atoms with van der Waals surface area (Å²) in [4.78, 5) is 0. The SMILES string of the molecule is COC(C)(CF)c1ccccc1. The predicted octanol–water partition coefficient (Wildman–Crippen LogP) is 2.52. The minimum absolute atomic E-state index is 0.506. The van der Waals surface area contributed by atoms with E-state index in [1.807, 2.05) is 30.3 Å². The number of methoxy groups -OCH3 is 1. The molecule has 0 amide bonds.